The van der Waals surface area contributed by atoms with E-state index in [1.807, 2.05) is 13.8 Å². The Morgan fingerprint density at radius 1 is 1.47 bits per heavy atom. The molecular formula is C10H20N2O3. The Bertz CT molecular complexity index is 203. The van der Waals surface area contributed by atoms with Crippen molar-refractivity contribution in [3.8, 4) is 0 Å². The van der Waals surface area contributed by atoms with Crippen LogP contribution in [0.1, 0.15) is 13.8 Å². The molecule has 0 aromatic carbocycles. The molecule has 1 aliphatic rings. The van der Waals surface area contributed by atoms with E-state index in [2.05, 4.69) is 0 Å². The van der Waals surface area contributed by atoms with Crippen LogP contribution in [-0.4, -0.2) is 55.9 Å². The fraction of sp³-hybridized carbons (Fsp3) is 0.900. The van der Waals surface area contributed by atoms with Gasteiger partial charge in [0.25, 0.3) is 0 Å². The van der Waals surface area contributed by atoms with Gasteiger partial charge in [-0.25, -0.2) is 0 Å². The number of carbonyl (C=O) groups excluding carboxylic acids is 1. The van der Waals surface area contributed by atoms with Crippen molar-refractivity contribution in [3.63, 3.8) is 0 Å². The van der Waals surface area contributed by atoms with Crippen LogP contribution >= 0.6 is 0 Å². The first-order chi connectivity index (χ1) is 7.11. The molecule has 0 aromatic heterocycles. The molecule has 88 valence electrons. The van der Waals surface area contributed by atoms with Crippen LogP contribution in [0.15, 0.2) is 0 Å². The lowest BCUT2D eigenvalue weighted by molar-refractivity contribution is -0.138. The zero-order valence-corrected chi connectivity index (χ0v) is 9.44. The number of morpholine rings is 1. The summed E-state index contributed by atoms with van der Waals surface area (Å²) in [6.07, 6.45) is 0.105. The highest BCUT2D eigenvalue weighted by Crippen LogP contribution is 2.00. The molecule has 1 atom stereocenters. The second-order valence-corrected chi connectivity index (χ2v) is 3.93. The Hall–Kier alpha value is -0.650. The first-order valence-corrected chi connectivity index (χ1v) is 5.35. The minimum atomic E-state index is -0.550. The van der Waals surface area contributed by atoms with E-state index in [0.717, 1.165) is 0 Å². The molecule has 0 unspecified atom stereocenters. The van der Waals surface area contributed by atoms with Crippen LogP contribution < -0.4 is 5.73 Å². The predicted molar refractivity (Wildman–Crippen MR) is 56.5 cm³/mol. The molecule has 0 aliphatic carbocycles. The summed E-state index contributed by atoms with van der Waals surface area (Å²) < 4.78 is 10.5. The highest BCUT2D eigenvalue weighted by Gasteiger charge is 2.22. The summed E-state index contributed by atoms with van der Waals surface area (Å²) in [5, 5.41) is 0. The lowest BCUT2D eigenvalue weighted by Crippen LogP contribution is -2.50. The van der Waals surface area contributed by atoms with Gasteiger partial charge in [-0.05, 0) is 13.8 Å². The molecule has 0 radical (unpaired) electrons. The molecule has 5 nitrogen and oxygen atoms in total. The number of ether oxygens (including phenoxy) is 2. The zero-order chi connectivity index (χ0) is 11.3. The summed E-state index contributed by atoms with van der Waals surface area (Å²) >= 11 is 0. The van der Waals surface area contributed by atoms with E-state index < -0.39 is 6.04 Å². The summed E-state index contributed by atoms with van der Waals surface area (Å²) in [5.74, 6) is -0.0426. The van der Waals surface area contributed by atoms with E-state index in [0.29, 0.717) is 26.3 Å². The van der Waals surface area contributed by atoms with Crippen molar-refractivity contribution in [2.24, 2.45) is 5.73 Å². The summed E-state index contributed by atoms with van der Waals surface area (Å²) in [5.41, 5.74) is 5.74. The van der Waals surface area contributed by atoms with Gasteiger partial charge in [0, 0.05) is 13.1 Å². The van der Waals surface area contributed by atoms with Crippen LogP contribution in [-0.2, 0) is 14.3 Å². The third-order valence-corrected chi connectivity index (χ3v) is 2.25. The Balaban J connectivity index is 2.30. The lowest BCUT2D eigenvalue weighted by atomic mass is 10.2. The second kappa shape index (κ2) is 6.05. The van der Waals surface area contributed by atoms with Crippen LogP contribution in [0.2, 0.25) is 0 Å². The van der Waals surface area contributed by atoms with Crippen LogP contribution in [0, 0.1) is 0 Å². The largest absolute Gasteiger partial charge is 0.378 e. The number of nitrogens with zero attached hydrogens (tertiary/aromatic N) is 1. The van der Waals surface area contributed by atoms with Gasteiger partial charge in [0.05, 0.1) is 25.9 Å². The minimum absolute atomic E-state index is 0.0426. The number of hydrogen-bond acceptors (Lipinski definition) is 4. The molecule has 2 N–H and O–H groups in total. The summed E-state index contributed by atoms with van der Waals surface area (Å²) in [6.45, 7) is 6.60. The monoisotopic (exact) mass is 216 g/mol. The molecule has 1 aliphatic heterocycles. The van der Waals surface area contributed by atoms with Crippen molar-refractivity contribution >= 4 is 5.91 Å². The fourth-order valence-electron chi connectivity index (χ4n) is 1.39. The maximum atomic E-state index is 11.8. The zero-order valence-electron chi connectivity index (χ0n) is 9.44. The number of hydrogen-bond donors (Lipinski definition) is 1. The van der Waals surface area contributed by atoms with E-state index in [4.69, 9.17) is 15.2 Å². The van der Waals surface area contributed by atoms with E-state index in [1.54, 1.807) is 4.90 Å². The van der Waals surface area contributed by atoms with Crippen molar-refractivity contribution in [2.75, 3.05) is 32.9 Å². The van der Waals surface area contributed by atoms with Crippen molar-refractivity contribution in [1.29, 1.82) is 0 Å². The van der Waals surface area contributed by atoms with Gasteiger partial charge in [-0.1, -0.05) is 0 Å². The smallest absolute Gasteiger partial charge is 0.242 e. The van der Waals surface area contributed by atoms with Crippen LogP contribution in [0.25, 0.3) is 0 Å². The van der Waals surface area contributed by atoms with Gasteiger partial charge in [-0.3, -0.25) is 4.79 Å². The Morgan fingerprint density at radius 3 is 2.60 bits per heavy atom. The highest BCUT2D eigenvalue weighted by atomic mass is 16.5. The molecule has 1 amide bonds. The maximum Gasteiger partial charge on any atom is 0.242 e. The first-order valence-electron chi connectivity index (χ1n) is 5.35. The topological polar surface area (TPSA) is 64.8 Å². The number of carbonyl (C=O) groups is 1. The van der Waals surface area contributed by atoms with E-state index in [1.165, 1.54) is 0 Å². The van der Waals surface area contributed by atoms with Crippen molar-refractivity contribution in [2.45, 2.75) is 26.0 Å². The predicted octanol–water partition coefficient (Wildman–Crippen LogP) is -0.402. The number of amides is 1. The summed E-state index contributed by atoms with van der Waals surface area (Å²) in [4.78, 5) is 13.5. The molecule has 0 bridgehead atoms. The van der Waals surface area contributed by atoms with Crippen molar-refractivity contribution in [3.05, 3.63) is 0 Å². The van der Waals surface area contributed by atoms with Crippen LogP contribution in [0.4, 0.5) is 0 Å². The summed E-state index contributed by atoms with van der Waals surface area (Å²) in [6, 6.07) is -0.550. The molecule has 0 saturated carbocycles. The highest BCUT2D eigenvalue weighted by molar-refractivity contribution is 5.81. The molecule has 0 aromatic rings. The third kappa shape index (κ3) is 4.15. The normalized spacial score (nSPS) is 19.3. The van der Waals surface area contributed by atoms with Gasteiger partial charge >= 0.3 is 0 Å². The van der Waals surface area contributed by atoms with Gasteiger partial charge in [-0.15, -0.1) is 0 Å². The van der Waals surface area contributed by atoms with Gasteiger partial charge in [-0.2, -0.15) is 0 Å². The molecule has 1 saturated heterocycles. The van der Waals surface area contributed by atoms with Gasteiger partial charge in [0.15, 0.2) is 0 Å². The van der Waals surface area contributed by atoms with Gasteiger partial charge < -0.3 is 20.1 Å². The molecule has 1 rings (SSSR count). The Labute approximate surface area is 90.5 Å². The number of nitrogens with two attached hydrogens (primary N) is 1. The molecule has 15 heavy (non-hydrogen) atoms. The fourth-order valence-corrected chi connectivity index (χ4v) is 1.39. The molecule has 0 spiro atoms. The van der Waals surface area contributed by atoms with E-state index in [-0.39, 0.29) is 18.6 Å². The first kappa shape index (κ1) is 12.4. The SMILES string of the molecule is CC(C)OC[C@H](N)C(=O)N1CCOCC1. The van der Waals surface area contributed by atoms with Crippen LogP contribution in [0.3, 0.4) is 0 Å². The average molecular weight is 216 g/mol. The van der Waals surface area contributed by atoms with Crippen molar-refractivity contribution in [1.82, 2.24) is 4.90 Å². The minimum Gasteiger partial charge on any atom is -0.378 e. The Morgan fingerprint density at radius 2 is 2.07 bits per heavy atom. The molecule has 1 fully saturated rings. The van der Waals surface area contributed by atoms with Gasteiger partial charge in [0.2, 0.25) is 5.91 Å². The van der Waals surface area contributed by atoms with Crippen molar-refractivity contribution < 1.29 is 14.3 Å². The molecule has 5 heteroatoms. The molecular weight excluding hydrogens is 196 g/mol. The average Bonchev–Trinajstić information content (AvgIpc) is 2.26. The van der Waals surface area contributed by atoms with E-state index in [9.17, 15) is 4.79 Å². The second-order valence-electron chi connectivity index (χ2n) is 3.93. The van der Waals surface area contributed by atoms with E-state index >= 15 is 0 Å². The quantitative estimate of drug-likeness (QED) is 0.694. The Kier molecular flexibility index (Phi) is 5.01. The third-order valence-electron chi connectivity index (χ3n) is 2.25. The number of rotatable bonds is 4. The summed E-state index contributed by atoms with van der Waals surface area (Å²) in [7, 11) is 0. The van der Waals surface area contributed by atoms with Crippen LogP contribution in [0.5, 0.6) is 0 Å². The standard InChI is InChI=1S/C10H20N2O3/c1-8(2)15-7-9(11)10(13)12-3-5-14-6-4-12/h8-9H,3-7,11H2,1-2H3/t9-/m0/s1. The maximum absolute atomic E-state index is 11.8. The lowest BCUT2D eigenvalue weighted by Gasteiger charge is -2.29. The molecule has 1 heterocycles. The van der Waals surface area contributed by atoms with Gasteiger partial charge in [0.1, 0.15) is 6.04 Å².